The normalized spacial score (nSPS) is 11.9. The van der Waals surface area contributed by atoms with E-state index < -0.39 is 10.8 Å². The fourth-order valence-electron chi connectivity index (χ4n) is 1.36. The highest BCUT2D eigenvalue weighted by Gasteiger charge is 2.13. The maximum atomic E-state index is 11.8. The SMILES string of the molecule is CS(=O)CC(=O)c1cc(CCl)ccc1NC=O. The second kappa shape index (κ2) is 6.51. The summed E-state index contributed by atoms with van der Waals surface area (Å²) in [4.78, 5) is 22.2. The number of halogens is 1. The van der Waals surface area contributed by atoms with Crippen LogP contribution >= 0.6 is 11.6 Å². The molecule has 1 unspecified atom stereocenters. The third kappa shape index (κ3) is 3.94. The molecule has 4 nitrogen and oxygen atoms in total. The quantitative estimate of drug-likeness (QED) is 0.486. The number of Topliss-reactive ketones (excluding diaryl/α,β-unsaturated/α-hetero) is 1. The number of hydrogen-bond acceptors (Lipinski definition) is 3. The van der Waals surface area contributed by atoms with Gasteiger partial charge < -0.3 is 5.32 Å². The van der Waals surface area contributed by atoms with Gasteiger partial charge in [-0.15, -0.1) is 11.6 Å². The number of ketones is 1. The van der Waals surface area contributed by atoms with E-state index in [1.54, 1.807) is 18.2 Å². The molecule has 0 aromatic heterocycles. The number of rotatable bonds is 6. The Hall–Kier alpha value is -1.20. The summed E-state index contributed by atoms with van der Waals surface area (Å²) in [5.74, 6) is -0.0713. The molecular formula is C11H12ClNO3S. The molecule has 92 valence electrons. The van der Waals surface area contributed by atoms with E-state index in [1.165, 1.54) is 6.26 Å². The van der Waals surface area contributed by atoms with E-state index >= 15 is 0 Å². The Balaban J connectivity index is 3.11. The van der Waals surface area contributed by atoms with Crippen LogP contribution in [-0.4, -0.2) is 28.4 Å². The van der Waals surface area contributed by atoms with Crippen molar-refractivity contribution in [3.8, 4) is 0 Å². The van der Waals surface area contributed by atoms with Crippen molar-refractivity contribution in [1.82, 2.24) is 0 Å². The van der Waals surface area contributed by atoms with Crippen molar-refractivity contribution >= 4 is 40.3 Å². The van der Waals surface area contributed by atoms with Gasteiger partial charge in [-0.2, -0.15) is 0 Å². The summed E-state index contributed by atoms with van der Waals surface area (Å²) in [5.41, 5.74) is 1.52. The molecule has 1 aromatic carbocycles. The average molecular weight is 274 g/mol. The fraction of sp³-hybridized carbons (Fsp3) is 0.273. The number of carbonyl (C=O) groups excluding carboxylic acids is 2. The van der Waals surface area contributed by atoms with E-state index in [2.05, 4.69) is 5.32 Å². The molecule has 0 saturated heterocycles. The van der Waals surface area contributed by atoms with Gasteiger partial charge in [0.05, 0.1) is 11.4 Å². The van der Waals surface area contributed by atoms with E-state index in [0.29, 0.717) is 17.7 Å². The zero-order valence-electron chi connectivity index (χ0n) is 9.23. The van der Waals surface area contributed by atoms with Gasteiger partial charge in [-0.05, 0) is 17.7 Å². The van der Waals surface area contributed by atoms with Gasteiger partial charge in [0.25, 0.3) is 0 Å². The molecule has 0 fully saturated rings. The van der Waals surface area contributed by atoms with Crippen LogP contribution < -0.4 is 5.32 Å². The summed E-state index contributed by atoms with van der Waals surface area (Å²) in [5, 5.41) is 2.44. The number of carbonyl (C=O) groups is 2. The van der Waals surface area contributed by atoms with Crippen molar-refractivity contribution in [3.63, 3.8) is 0 Å². The third-order valence-electron chi connectivity index (χ3n) is 2.09. The Labute approximate surface area is 107 Å². The predicted molar refractivity (Wildman–Crippen MR) is 68.9 cm³/mol. The summed E-state index contributed by atoms with van der Waals surface area (Å²) in [6, 6.07) is 4.93. The first-order valence-electron chi connectivity index (χ1n) is 4.80. The van der Waals surface area contributed by atoms with Gasteiger partial charge in [0, 0.05) is 28.5 Å². The number of amides is 1. The Morgan fingerprint density at radius 2 is 2.24 bits per heavy atom. The molecule has 0 radical (unpaired) electrons. The molecule has 0 aliphatic rings. The molecule has 1 amide bonds. The first-order chi connectivity index (χ1) is 8.08. The van der Waals surface area contributed by atoms with E-state index in [1.807, 2.05) is 0 Å². The summed E-state index contributed by atoms with van der Waals surface area (Å²) < 4.78 is 11.0. The highest BCUT2D eigenvalue weighted by atomic mass is 35.5. The second-order valence-electron chi connectivity index (χ2n) is 3.42. The lowest BCUT2D eigenvalue weighted by atomic mass is 10.1. The molecule has 0 saturated carbocycles. The van der Waals surface area contributed by atoms with Crippen LogP contribution in [0.5, 0.6) is 0 Å². The molecule has 1 aromatic rings. The molecule has 0 heterocycles. The van der Waals surface area contributed by atoms with Gasteiger partial charge in [-0.1, -0.05) is 6.07 Å². The van der Waals surface area contributed by atoms with Crippen molar-refractivity contribution in [3.05, 3.63) is 29.3 Å². The first kappa shape index (κ1) is 13.9. The largest absolute Gasteiger partial charge is 0.328 e. The summed E-state index contributed by atoms with van der Waals surface area (Å²) in [6.07, 6.45) is 1.95. The van der Waals surface area contributed by atoms with Crippen LogP contribution in [0.15, 0.2) is 18.2 Å². The van der Waals surface area contributed by atoms with Crippen molar-refractivity contribution in [2.45, 2.75) is 5.88 Å². The van der Waals surface area contributed by atoms with Crippen LogP contribution in [0, 0.1) is 0 Å². The average Bonchev–Trinajstić information content (AvgIpc) is 2.29. The molecule has 1 rings (SSSR count). The number of alkyl halides is 1. The van der Waals surface area contributed by atoms with Gasteiger partial charge in [-0.3, -0.25) is 13.8 Å². The highest BCUT2D eigenvalue weighted by Crippen LogP contribution is 2.19. The van der Waals surface area contributed by atoms with Crippen molar-refractivity contribution in [2.75, 3.05) is 17.3 Å². The Bertz CT molecular complexity index is 462. The lowest BCUT2D eigenvalue weighted by Crippen LogP contribution is -2.13. The lowest BCUT2D eigenvalue weighted by Gasteiger charge is -2.08. The molecule has 0 spiro atoms. The van der Waals surface area contributed by atoms with E-state index in [0.717, 1.165) is 5.56 Å². The van der Waals surface area contributed by atoms with Gasteiger partial charge >= 0.3 is 0 Å². The van der Waals surface area contributed by atoms with Crippen LogP contribution in [-0.2, 0) is 21.5 Å². The van der Waals surface area contributed by atoms with Crippen LogP contribution in [0.2, 0.25) is 0 Å². The number of anilines is 1. The lowest BCUT2D eigenvalue weighted by molar-refractivity contribution is -0.105. The molecular weight excluding hydrogens is 262 g/mol. The van der Waals surface area contributed by atoms with E-state index in [-0.39, 0.29) is 17.4 Å². The first-order valence-corrected chi connectivity index (χ1v) is 7.07. The standard InChI is InChI=1S/C11H12ClNO3S/c1-17(16)6-11(15)9-4-8(5-12)2-3-10(9)13-7-14/h2-4,7H,5-6H2,1H3,(H,13,14). The van der Waals surface area contributed by atoms with E-state index in [9.17, 15) is 13.8 Å². The Morgan fingerprint density at radius 1 is 1.53 bits per heavy atom. The minimum atomic E-state index is -1.22. The minimum absolute atomic E-state index is 0.0702. The zero-order chi connectivity index (χ0) is 12.8. The smallest absolute Gasteiger partial charge is 0.211 e. The molecule has 1 N–H and O–H groups in total. The monoisotopic (exact) mass is 273 g/mol. The van der Waals surface area contributed by atoms with Gasteiger partial charge in [0.1, 0.15) is 0 Å². The molecule has 0 aliphatic carbocycles. The number of hydrogen-bond donors (Lipinski definition) is 1. The molecule has 1 atom stereocenters. The Kier molecular flexibility index (Phi) is 5.31. The molecule has 0 bridgehead atoms. The topological polar surface area (TPSA) is 63.2 Å². The van der Waals surface area contributed by atoms with Crippen LogP contribution in [0.3, 0.4) is 0 Å². The minimum Gasteiger partial charge on any atom is -0.328 e. The number of benzene rings is 1. The van der Waals surface area contributed by atoms with Crippen LogP contribution in [0.25, 0.3) is 0 Å². The summed E-state index contributed by atoms with van der Waals surface area (Å²) >= 11 is 5.68. The van der Waals surface area contributed by atoms with Gasteiger partial charge in [0.15, 0.2) is 5.78 Å². The van der Waals surface area contributed by atoms with E-state index in [4.69, 9.17) is 11.6 Å². The molecule has 6 heteroatoms. The third-order valence-corrected chi connectivity index (χ3v) is 3.06. The van der Waals surface area contributed by atoms with Crippen LogP contribution in [0.4, 0.5) is 5.69 Å². The second-order valence-corrected chi connectivity index (χ2v) is 5.12. The summed E-state index contributed by atoms with van der Waals surface area (Å²) in [7, 11) is -1.22. The maximum absolute atomic E-state index is 11.8. The molecule has 17 heavy (non-hydrogen) atoms. The predicted octanol–water partition coefficient (Wildman–Crippen LogP) is 1.55. The Morgan fingerprint density at radius 3 is 2.76 bits per heavy atom. The highest BCUT2D eigenvalue weighted by molar-refractivity contribution is 7.85. The maximum Gasteiger partial charge on any atom is 0.211 e. The van der Waals surface area contributed by atoms with Gasteiger partial charge in [0.2, 0.25) is 6.41 Å². The summed E-state index contributed by atoms with van der Waals surface area (Å²) in [6.45, 7) is 0. The molecule has 0 aliphatic heterocycles. The van der Waals surface area contributed by atoms with Crippen molar-refractivity contribution < 1.29 is 13.8 Å². The van der Waals surface area contributed by atoms with Crippen molar-refractivity contribution in [2.24, 2.45) is 0 Å². The zero-order valence-corrected chi connectivity index (χ0v) is 10.8. The van der Waals surface area contributed by atoms with Crippen LogP contribution in [0.1, 0.15) is 15.9 Å². The van der Waals surface area contributed by atoms with Crippen molar-refractivity contribution in [1.29, 1.82) is 0 Å². The number of nitrogens with one attached hydrogen (secondary N) is 1. The fourth-order valence-corrected chi connectivity index (χ4v) is 2.05. The van der Waals surface area contributed by atoms with Gasteiger partial charge in [-0.25, -0.2) is 0 Å².